The van der Waals surface area contributed by atoms with Crippen LogP contribution in [0.3, 0.4) is 0 Å². The van der Waals surface area contributed by atoms with E-state index in [0.29, 0.717) is 44.4 Å². The minimum atomic E-state index is -3.70. The van der Waals surface area contributed by atoms with Gasteiger partial charge in [0.2, 0.25) is 15.9 Å². The first-order valence-electron chi connectivity index (χ1n) is 8.27. The van der Waals surface area contributed by atoms with E-state index in [4.69, 9.17) is 16.1 Å². The lowest BCUT2D eigenvalue weighted by Gasteiger charge is -2.33. The van der Waals surface area contributed by atoms with E-state index in [-0.39, 0.29) is 15.8 Å². The molecule has 0 unspecified atom stereocenters. The summed E-state index contributed by atoms with van der Waals surface area (Å²) in [5.41, 5.74) is 0. The van der Waals surface area contributed by atoms with Crippen molar-refractivity contribution in [3.05, 3.63) is 40.8 Å². The molecule has 1 saturated heterocycles. The standard InChI is InChI=1S/C16H20ClFN4O3S/c1-11(2)16-19-15(25-20-16)10-21-5-7-22(8-6-21)26(23,24)12-3-4-14(18)13(17)9-12/h3-4,9,11H,5-8,10H2,1-2H3. The molecule has 2 heterocycles. The maximum absolute atomic E-state index is 13.3. The van der Waals surface area contributed by atoms with Gasteiger partial charge in [-0.25, -0.2) is 12.8 Å². The van der Waals surface area contributed by atoms with E-state index in [2.05, 4.69) is 15.0 Å². The highest BCUT2D eigenvalue weighted by molar-refractivity contribution is 7.89. The van der Waals surface area contributed by atoms with Crippen molar-refractivity contribution in [2.75, 3.05) is 26.2 Å². The van der Waals surface area contributed by atoms with Crippen molar-refractivity contribution >= 4 is 21.6 Å². The molecule has 1 aliphatic rings. The van der Waals surface area contributed by atoms with E-state index >= 15 is 0 Å². The van der Waals surface area contributed by atoms with Crippen LogP contribution in [-0.2, 0) is 16.6 Å². The van der Waals surface area contributed by atoms with Gasteiger partial charge in [0, 0.05) is 32.1 Å². The summed E-state index contributed by atoms with van der Waals surface area (Å²) < 4.78 is 45.2. The number of aromatic nitrogens is 2. The highest BCUT2D eigenvalue weighted by Crippen LogP contribution is 2.23. The molecule has 0 amide bonds. The lowest BCUT2D eigenvalue weighted by molar-refractivity contribution is 0.163. The summed E-state index contributed by atoms with van der Waals surface area (Å²) in [4.78, 5) is 6.39. The van der Waals surface area contributed by atoms with Gasteiger partial charge < -0.3 is 4.52 Å². The fraction of sp³-hybridized carbons (Fsp3) is 0.500. The van der Waals surface area contributed by atoms with Crippen LogP contribution < -0.4 is 0 Å². The zero-order chi connectivity index (χ0) is 18.9. The van der Waals surface area contributed by atoms with Crippen molar-refractivity contribution in [2.24, 2.45) is 0 Å². The van der Waals surface area contributed by atoms with Gasteiger partial charge >= 0.3 is 0 Å². The Kier molecular flexibility index (Phi) is 5.61. The first kappa shape index (κ1) is 19.2. The smallest absolute Gasteiger partial charge is 0.243 e. The second kappa shape index (κ2) is 7.59. The molecule has 0 saturated carbocycles. The van der Waals surface area contributed by atoms with E-state index in [0.717, 1.165) is 12.1 Å². The summed E-state index contributed by atoms with van der Waals surface area (Å²) >= 11 is 5.71. The molecular formula is C16H20ClFN4O3S. The van der Waals surface area contributed by atoms with Gasteiger partial charge in [-0.05, 0) is 18.2 Å². The van der Waals surface area contributed by atoms with Crippen LogP contribution >= 0.6 is 11.6 Å². The van der Waals surface area contributed by atoms with Gasteiger partial charge in [-0.3, -0.25) is 4.90 Å². The first-order chi connectivity index (χ1) is 12.3. The highest BCUT2D eigenvalue weighted by atomic mass is 35.5. The van der Waals surface area contributed by atoms with E-state index in [1.54, 1.807) is 0 Å². The highest BCUT2D eigenvalue weighted by Gasteiger charge is 2.29. The van der Waals surface area contributed by atoms with Crippen LogP contribution in [0, 0.1) is 5.82 Å². The number of hydrogen-bond acceptors (Lipinski definition) is 6. The third-order valence-electron chi connectivity index (χ3n) is 4.22. The molecule has 10 heteroatoms. The normalized spacial score (nSPS) is 17.1. The Hall–Kier alpha value is -1.55. The fourth-order valence-electron chi connectivity index (χ4n) is 2.67. The first-order valence-corrected chi connectivity index (χ1v) is 10.1. The topological polar surface area (TPSA) is 79.5 Å². The van der Waals surface area contributed by atoms with Crippen LogP contribution in [0.15, 0.2) is 27.6 Å². The van der Waals surface area contributed by atoms with Crippen molar-refractivity contribution in [3.8, 4) is 0 Å². The van der Waals surface area contributed by atoms with Crippen LogP contribution in [0.25, 0.3) is 0 Å². The van der Waals surface area contributed by atoms with Gasteiger partial charge in [0.05, 0.1) is 16.5 Å². The fourth-order valence-corrected chi connectivity index (χ4v) is 4.37. The average molecular weight is 403 g/mol. The molecule has 1 aromatic carbocycles. The zero-order valence-corrected chi connectivity index (χ0v) is 16.1. The van der Waals surface area contributed by atoms with Gasteiger partial charge in [-0.1, -0.05) is 30.6 Å². The summed E-state index contributed by atoms with van der Waals surface area (Å²) in [6.07, 6.45) is 0. The summed E-state index contributed by atoms with van der Waals surface area (Å²) in [6.45, 7) is 6.17. The molecule has 1 aliphatic heterocycles. The lowest BCUT2D eigenvalue weighted by Crippen LogP contribution is -2.48. The van der Waals surface area contributed by atoms with Crippen molar-refractivity contribution in [1.29, 1.82) is 0 Å². The predicted octanol–water partition coefficient (Wildman–Crippen LogP) is 2.49. The number of hydrogen-bond donors (Lipinski definition) is 0. The Morgan fingerprint density at radius 1 is 1.27 bits per heavy atom. The molecule has 7 nitrogen and oxygen atoms in total. The van der Waals surface area contributed by atoms with E-state index < -0.39 is 15.8 Å². The van der Waals surface area contributed by atoms with Crippen LogP contribution in [-0.4, -0.2) is 53.9 Å². The maximum atomic E-state index is 13.3. The third-order valence-corrected chi connectivity index (χ3v) is 6.40. The number of rotatable bonds is 5. The molecule has 0 bridgehead atoms. The summed E-state index contributed by atoms with van der Waals surface area (Å²) in [5.74, 6) is 0.734. The number of sulfonamides is 1. The Labute approximate surface area is 156 Å². The van der Waals surface area contributed by atoms with E-state index in [1.807, 2.05) is 13.8 Å². The van der Waals surface area contributed by atoms with Gasteiger partial charge in [-0.15, -0.1) is 0 Å². The van der Waals surface area contributed by atoms with Crippen molar-refractivity contribution in [3.63, 3.8) is 0 Å². The average Bonchev–Trinajstić information content (AvgIpc) is 3.06. The van der Waals surface area contributed by atoms with Crippen LogP contribution in [0.2, 0.25) is 5.02 Å². The number of halogens is 2. The predicted molar refractivity (Wildman–Crippen MR) is 93.8 cm³/mol. The second-order valence-electron chi connectivity index (χ2n) is 6.46. The summed E-state index contributed by atoms with van der Waals surface area (Å²) in [6, 6.07) is 3.44. The molecule has 0 radical (unpaired) electrons. The SMILES string of the molecule is CC(C)c1noc(CN2CCN(S(=O)(=O)c3ccc(F)c(Cl)c3)CC2)n1. The van der Waals surface area contributed by atoms with Gasteiger partial charge in [0.1, 0.15) is 5.82 Å². The second-order valence-corrected chi connectivity index (χ2v) is 8.80. The van der Waals surface area contributed by atoms with Crippen LogP contribution in [0.1, 0.15) is 31.5 Å². The summed E-state index contributed by atoms with van der Waals surface area (Å²) in [7, 11) is -3.70. The van der Waals surface area contributed by atoms with Gasteiger partial charge in [-0.2, -0.15) is 9.29 Å². The summed E-state index contributed by atoms with van der Waals surface area (Å²) in [5, 5.41) is 3.72. The minimum Gasteiger partial charge on any atom is -0.338 e. The molecule has 142 valence electrons. The monoisotopic (exact) mass is 402 g/mol. The van der Waals surface area contributed by atoms with Crippen LogP contribution in [0.5, 0.6) is 0 Å². The Balaban J connectivity index is 1.62. The van der Waals surface area contributed by atoms with E-state index in [9.17, 15) is 12.8 Å². The molecule has 0 N–H and O–H groups in total. The van der Waals surface area contributed by atoms with E-state index in [1.165, 1.54) is 10.4 Å². The zero-order valence-electron chi connectivity index (χ0n) is 14.5. The number of benzene rings is 1. The molecule has 2 aromatic rings. The molecule has 26 heavy (non-hydrogen) atoms. The molecular weight excluding hydrogens is 383 g/mol. The van der Waals surface area contributed by atoms with Crippen LogP contribution in [0.4, 0.5) is 4.39 Å². The Morgan fingerprint density at radius 3 is 2.54 bits per heavy atom. The van der Waals surface area contributed by atoms with Gasteiger partial charge in [0.25, 0.3) is 0 Å². The largest absolute Gasteiger partial charge is 0.338 e. The third kappa shape index (κ3) is 4.06. The van der Waals surface area contributed by atoms with Crippen molar-refractivity contribution in [2.45, 2.75) is 31.2 Å². The molecule has 1 aromatic heterocycles. The maximum Gasteiger partial charge on any atom is 0.243 e. The van der Waals surface area contributed by atoms with Gasteiger partial charge in [0.15, 0.2) is 5.82 Å². The Bertz CT molecular complexity index is 879. The molecule has 0 atom stereocenters. The van der Waals surface area contributed by atoms with Crippen molar-refractivity contribution < 1.29 is 17.3 Å². The molecule has 1 fully saturated rings. The quantitative estimate of drug-likeness (QED) is 0.764. The molecule has 0 aliphatic carbocycles. The Morgan fingerprint density at radius 2 is 1.96 bits per heavy atom. The van der Waals surface area contributed by atoms with Crippen molar-refractivity contribution in [1.82, 2.24) is 19.3 Å². The molecule has 0 spiro atoms. The number of piperazine rings is 1. The molecule has 3 rings (SSSR count). The lowest BCUT2D eigenvalue weighted by atomic mass is 10.2. The minimum absolute atomic E-state index is 0.00386. The number of nitrogens with zero attached hydrogens (tertiary/aromatic N) is 4.